The summed E-state index contributed by atoms with van der Waals surface area (Å²) in [4.78, 5) is 0. The largest absolute Gasteiger partial charge is 0.249 e. The monoisotopic (exact) mass is 225 g/mol. The van der Waals surface area contributed by atoms with Gasteiger partial charge in [0.1, 0.15) is 0 Å². The van der Waals surface area contributed by atoms with E-state index in [-0.39, 0.29) is 0 Å². The van der Waals surface area contributed by atoms with E-state index in [1.54, 1.807) is 7.05 Å². The molecule has 0 aliphatic heterocycles. The molecule has 1 rings (SSSR count). The molecule has 0 aliphatic rings. The molecule has 0 heterocycles. The summed E-state index contributed by atoms with van der Waals surface area (Å²) in [5, 5.41) is 0. The highest BCUT2D eigenvalue weighted by Crippen LogP contribution is 2.14. The Morgan fingerprint density at radius 3 is 2.27 bits per heavy atom. The van der Waals surface area contributed by atoms with Crippen LogP contribution in [0.2, 0.25) is 0 Å². The topological polar surface area (TPSA) is 29.4 Å². The van der Waals surface area contributed by atoms with Crippen molar-refractivity contribution in [3.05, 3.63) is 35.4 Å². The molecule has 84 valence electrons. The highest BCUT2D eigenvalue weighted by atomic mass is 32.2. The lowest BCUT2D eigenvalue weighted by atomic mass is 10.1. The summed E-state index contributed by atoms with van der Waals surface area (Å²) < 4.78 is 16.2. The second-order valence-corrected chi connectivity index (χ2v) is 6.29. The maximum absolute atomic E-state index is 12.2. The third-order valence-electron chi connectivity index (χ3n) is 2.66. The van der Waals surface area contributed by atoms with Crippen LogP contribution in [0.1, 0.15) is 25.0 Å². The number of hydrogen-bond donors (Lipinski definition) is 0. The molecule has 0 saturated heterocycles. The van der Waals surface area contributed by atoms with E-state index in [4.69, 9.17) is 0 Å². The van der Waals surface area contributed by atoms with Crippen LogP contribution in [0.3, 0.4) is 0 Å². The van der Waals surface area contributed by atoms with Gasteiger partial charge in [0, 0.05) is 12.8 Å². The van der Waals surface area contributed by atoms with Gasteiger partial charge in [-0.05, 0) is 17.5 Å². The van der Waals surface area contributed by atoms with E-state index in [1.165, 1.54) is 11.1 Å². The Kier molecular flexibility index (Phi) is 4.33. The lowest BCUT2D eigenvalue weighted by Crippen LogP contribution is -2.08. The van der Waals surface area contributed by atoms with Crippen molar-refractivity contribution in [2.24, 2.45) is 4.36 Å². The number of aryl methyl sites for hydroxylation is 1. The fourth-order valence-electron chi connectivity index (χ4n) is 1.58. The normalized spacial score (nSPS) is 14.6. The maximum atomic E-state index is 12.2. The predicted molar refractivity (Wildman–Crippen MR) is 66.6 cm³/mol. The third kappa shape index (κ3) is 3.06. The van der Waals surface area contributed by atoms with E-state index in [2.05, 4.69) is 23.4 Å². The van der Waals surface area contributed by atoms with Crippen molar-refractivity contribution in [1.82, 2.24) is 0 Å². The van der Waals surface area contributed by atoms with Gasteiger partial charge in [-0.1, -0.05) is 38.1 Å². The van der Waals surface area contributed by atoms with E-state index in [1.807, 2.05) is 19.1 Å². The zero-order valence-corrected chi connectivity index (χ0v) is 10.5. The van der Waals surface area contributed by atoms with Gasteiger partial charge in [0.25, 0.3) is 0 Å². The quantitative estimate of drug-likeness (QED) is 0.774. The molecule has 0 N–H and O–H groups in total. The fraction of sp³-hybridized carbons (Fsp3) is 0.500. The average molecular weight is 225 g/mol. The molecule has 0 spiro atoms. The number of hydrogen-bond acceptors (Lipinski definition) is 2. The molecule has 2 nitrogen and oxygen atoms in total. The van der Waals surface area contributed by atoms with E-state index in [9.17, 15) is 4.21 Å². The lowest BCUT2D eigenvalue weighted by molar-refractivity contribution is 0.676. The molecule has 0 aromatic heterocycles. The van der Waals surface area contributed by atoms with Crippen LogP contribution < -0.4 is 0 Å². The Hall–Kier alpha value is -0.830. The Bertz CT molecular complexity index is 431. The molecular weight excluding hydrogens is 206 g/mol. The van der Waals surface area contributed by atoms with Crippen LogP contribution in [-0.2, 0) is 21.9 Å². The summed E-state index contributed by atoms with van der Waals surface area (Å²) in [6.45, 7) is 4.06. The van der Waals surface area contributed by atoms with Crippen molar-refractivity contribution in [2.45, 2.75) is 26.0 Å². The zero-order chi connectivity index (χ0) is 11.3. The summed E-state index contributed by atoms with van der Waals surface area (Å²) in [6.07, 6.45) is 0.985. The van der Waals surface area contributed by atoms with Gasteiger partial charge >= 0.3 is 0 Å². The minimum Gasteiger partial charge on any atom is -0.249 e. The Labute approximate surface area is 92.9 Å². The smallest absolute Gasteiger partial charge is 0.0570 e. The first-order valence-corrected chi connectivity index (χ1v) is 7.18. The number of nitrogens with zero attached hydrogens (tertiary/aromatic N) is 1. The maximum Gasteiger partial charge on any atom is 0.0570 e. The van der Waals surface area contributed by atoms with Crippen LogP contribution in [0.15, 0.2) is 28.6 Å². The zero-order valence-electron chi connectivity index (χ0n) is 9.69. The van der Waals surface area contributed by atoms with Gasteiger partial charge < -0.3 is 0 Å². The highest BCUT2D eigenvalue weighted by Gasteiger charge is 2.08. The van der Waals surface area contributed by atoms with Gasteiger partial charge in [-0.15, -0.1) is 0 Å². The van der Waals surface area contributed by atoms with E-state index < -0.39 is 9.73 Å². The summed E-state index contributed by atoms with van der Waals surface area (Å²) in [5.74, 6) is 1.21. The van der Waals surface area contributed by atoms with Gasteiger partial charge in [-0.2, -0.15) is 0 Å². The summed E-state index contributed by atoms with van der Waals surface area (Å²) in [5.41, 5.74) is 2.46. The molecule has 3 heteroatoms. The molecule has 0 bridgehead atoms. The van der Waals surface area contributed by atoms with Gasteiger partial charge in [0.15, 0.2) is 0 Å². The van der Waals surface area contributed by atoms with Gasteiger partial charge in [-0.3, -0.25) is 0 Å². The van der Waals surface area contributed by atoms with E-state index >= 15 is 0 Å². The molecule has 0 fully saturated rings. The van der Waals surface area contributed by atoms with Crippen LogP contribution >= 0.6 is 0 Å². The van der Waals surface area contributed by atoms with Crippen molar-refractivity contribution < 1.29 is 4.21 Å². The van der Waals surface area contributed by atoms with Crippen molar-refractivity contribution in [3.8, 4) is 0 Å². The molecule has 1 aromatic carbocycles. The van der Waals surface area contributed by atoms with Crippen LogP contribution in [0, 0.1) is 0 Å². The lowest BCUT2D eigenvalue weighted by Gasteiger charge is -2.10. The van der Waals surface area contributed by atoms with Crippen LogP contribution in [0.5, 0.6) is 0 Å². The molecule has 0 aliphatic carbocycles. The van der Waals surface area contributed by atoms with Gasteiger partial charge in [0.2, 0.25) is 0 Å². The van der Waals surface area contributed by atoms with Crippen molar-refractivity contribution in [1.29, 1.82) is 0 Å². The fourth-order valence-corrected chi connectivity index (χ4v) is 2.94. The number of benzene rings is 1. The summed E-state index contributed by atoms with van der Waals surface area (Å²) >= 11 is 0. The minimum absolute atomic E-state index is 0.587. The van der Waals surface area contributed by atoms with Crippen molar-refractivity contribution >= 4 is 9.73 Å². The third-order valence-corrected chi connectivity index (χ3v) is 4.99. The highest BCUT2D eigenvalue weighted by molar-refractivity contribution is 7.92. The molecular formula is C12H19NOS. The van der Waals surface area contributed by atoms with E-state index in [0.717, 1.165) is 6.42 Å². The average Bonchev–Trinajstić information content (AvgIpc) is 2.29. The van der Waals surface area contributed by atoms with Gasteiger partial charge in [-0.25, -0.2) is 8.57 Å². The Morgan fingerprint density at radius 1 is 1.20 bits per heavy atom. The Balaban J connectivity index is 3.04. The molecule has 1 aromatic rings. The van der Waals surface area contributed by atoms with E-state index in [0.29, 0.717) is 11.5 Å². The molecule has 0 radical (unpaired) electrons. The summed E-state index contributed by atoms with van der Waals surface area (Å²) in [7, 11) is -0.372. The predicted octanol–water partition coefficient (Wildman–Crippen LogP) is 2.87. The van der Waals surface area contributed by atoms with Crippen molar-refractivity contribution in [3.63, 3.8) is 0 Å². The second-order valence-electron chi connectivity index (χ2n) is 3.51. The van der Waals surface area contributed by atoms with Crippen LogP contribution in [0.25, 0.3) is 0 Å². The first-order chi connectivity index (χ1) is 7.15. The molecule has 0 amide bonds. The molecule has 1 unspecified atom stereocenters. The standard InChI is InChI=1S/C12H19NOS/c1-4-11-8-6-7-9-12(11)10-15(14,5-2)13-3/h6-9H,4-5,10H2,1-3H3. The van der Waals surface area contributed by atoms with Crippen LogP contribution in [0.4, 0.5) is 0 Å². The van der Waals surface area contributed by atoms with Crippen molar-refractivity contribution in [2.75, 3.05) is 12.8 Å². The van der Waals surface area contributed by atoms with Gasteiger partial charge in [0.05, 0.1) is 15.5 Å². The number of rotatable bonds is 4. The molecule has 1 atom stereocenters. The SMILES string of the molecule is CCc1ccccc1CS(=O)(CC)=NC. The molecule has 15 heavy (non-hydrogen) atoms. The second kappa shape index (κ2) is 5.31. The summed E-state index contributed by atoms with van der Waals surface area (Å²) in [6, 6.07) is 8.18. The first-order valence-electron chi connectivity index (χ1n) is 5.32. The first kappa shape index (κ1) is 12.2. The Morgan fingerprint density at radius 2 is 1.80 bits per heavy atom. The molecule has 0 saturated carbocycles. The minimum atomic E-state index is -2.03. The van der Waals surface area contributed by atoms with Crippen LogP contribution in [-0.4, -0.2) is 17.0 Å².